The average Bonchev–Trinajstić information content (AvgIpc) is 3.57. The molecule has 1 saturated carbocycles. The summed E-state index contributed by atoms with van der Waals surface area (Å²) >= 11 is 0. The van der Waals surface area contributed by atoms with Crippen molar-refractivity contribution in [2.75, 3.05) is 19.7 Å². The van der Waals surface area contributed by atoms with Crippen LogP contribution in [-0.2, 0) is 14.3 Å². The fourth-order valence-electron chi connectivity index (χ4n) is 4.39. The molecule has 6 nitrogen and oxygen atoms in total. The van der Waals surface area contributed by atoms with Crippen LogP contribution >= 0.6 is 0 Å². The van der Waals surface area contributed by atoms with E-state index in [4.69, 9.17) is 4.74 Å². The molecule has 2 aromatic rings. The highest BCUT2D eigenvalue weighted by Gasteiger charge is 2.36. The van der Waals surface area contributed by atoms with Gasteiger partial charge in [0.15, 0.2) is 6.61 Å². The SMILES string of the molecule is Cc1ccc(-n2c(C)cc(C(=O)COC(=O)C3CCN(C(=O)C4CC4)CC3)c2C)cc1. The van der Waals surface area contributed by atoms with Crippen molar-refractivity contribution in [2.45, 2.75) is 46.5 Å². The highest BCUT2D eigenvalue weighted by Crippen LogP contribution is 2.32. The van der Waals surface area contributed by atoms with Crippen molar-refractivity contribution in [1.29, 1.82) is 0 Å². The lowest BCUT2D eigenvalue weighted by Crippen LogP contribution is -2.41. The standard InChI is InChI=1S/C25H30N2O4/c1-16-4-8-21(9-5-16)27-17(2)14-22(18(27)3)23(28)15-31-25(30)20-10-12-26(13-11-20)24(29)19-6-7-19/h4-5,8-9,14,19-20H,6-7,10-13,15H2,1-3H3. The number of piperidine rings is 1. The van der Waals surface area contributed by atoms with Crippen molar-refractivity contribution in [3.63, 3.8) is 0 Å². The van der Waals surface area contributed by atoms with Crippen molar-refractivity contribution in [3.8, 4) is 5.69 Å². The third-order valence-corrected chi connectivity index (χ3v) is 6.44. The Kier molecular flexibility index (Phi) is 5.99. The van der Waals surface area contributed by atoms with E-state index in [-0.39, 0.29) is 36.1 Å². The normalized spacial score (nSPS) is 16.9. The molecule has 0 radical (unpaired) electrons. The molecule has 0 spiro atoms. The van der Waals surface area contributed by atoms with Gasteiger partial charge in [0, 0.05) is 41.6 Å². The molecule has 4 rings (SSSR count). The Balaban J connectivity index is 1.34. The van der Waals surface area contributed by atoms with Crippen LogP contribution in [0.4, 0.5) is 0 Å². The van der Waals surface area contributed by atoms with Crippen molar-refractivity contribution in [3.05, 3.63) is 52.8 Å². The number of rotatable bonds is 6. The lowest BCUT2D eigenvalue weighted by molar-refractivity contribution is -0.150. The first-order valence-corrected chi connectivity index (χ1v) is 11.1. The molecule has 0 unspecified atom stereocenters. The van der Waals surface area contributed by atoms with E-state index < -0.39 is 0 Å². The van der Waals surface area contributed by atoms with Crippen LogP contribution in [-0.4, -0.2) is 46.8 Å². The molecule has 1 amide bonds. The molecule has 1 aromatic heterocycles. The molecule has 0 N–H and O–H groups in total. The van der Waals surface area contributed by atoms with E-state index >= 15 is 0 Å². The predicted molar refractivity (Wildman–Crippen MR) is 117 cm³/mol. The number of amides is 1. The van der Waals surface area contributed by atoms with Crippen LogP contribution in [0.1, 0.15) is 53.0 Å². The number of esters is 1. The second-order valence-corrected chi connectivity index (χ2v) is 8.86. The average molecular weight is 423 g/mol. The molecule has 2 aliphatic rings. The number of benzene rings is 1. The molecule has 164 valence electrons. The largest absolute Gasteiger partial charge is 0.457 e. The molecule has 1 saturated heterocycles. The van der Waals surface area contributed by atoms with Crippen molar-refractivity contribution < 1.29 is 19.1 Å². The van der Waals surface area contributed by atoms with E-state index in [9.17, 15) is 14.4 Å². The number of ether oxygens (including phenoxy) is 1. The topological polar surface area (TPSA) is 68.6 Å². The Morgan fingerprint density at radius 2 is 1.58 bits per heavy atom. The number of likely N-dealkylation sites (tertiary alicyclic amines) is 1. The van der Waals surface area contributed by atoms with E-state index in [1.165, 1.54) is 5.56 Å². The fourth-order valence-corrected chi connectivity index (χ4v) is 4.39. The van der Waals surface area contributed by atoms with Crippen molar-refractivity contribution in [1.82, 2.24) is 9.47 Å². The monoisotopic (exact) mass is 422 g/mol. The summed E-state index contributed by atoms with van der Waals surface area (Å²) in [5.41, 5.74) is 4.56. The Morgan fingerprint density at radius 1 is 0.935 bits per heavy atom. The number of hydrogen-bond donors (Lipinski definition) is 0. The quantitative estimate of drug-likeness (QED) is 0.525. The van der Waals surface area contributed by atoms with Gasteiger partial charge in [-0.15, -0.1) is 0 Å². The van der Waals surface area contributed by atoms with Gasteiger partial charge in [-0.1, -0.05) is 17.7 Å². The van der Waals surface area contributed by atoms with Crippen LogP contribution in [0.25, 0.3) is 5.69 Å². The number of nitrogens with zero attached hydrogens (tertiary/aromatic N) is 2. The summed E-state index contributed by atoms with van der Waals surface area (Å²) in [6.45, 7) is 6.86. The van der Waals surface area contributed by atoms with E-state index in [1.807, 2.05) is 60.6 Å². The zero-order chi connectivity index (χ0) is 22.1. The summed E-state index contributed by atoms with van der Waals surface area (Å²) in [5.74, 6) is -0.331. The number of carbonyl (C=O) groups is 3. The molecule has 6 heteroatoms. The number of hydrogen-bond acceptors (Lipinski definition) is 4. The second kappa shape index (κ2) is 8.69. The van der Waals surface area contributed by atoms with Gasteiger partial charge in [-0.05, 0) is 64.7 Å². The highest BCUT2D eigenvalue weighted by molar-refractivity contribution is 5.99. The Bertz CT molecular complexity index is 993. The smallest absolute Gasteiger partial charge is 0.309 e. The molecule has 0 atom stereocenters. The number of aryl methyl sites for hydroxylation is 2. The minimum atomic E-state index is -0.334. The van der Waals surface area contributed by atoms with Crippen LogP contribution < -0.4 is 0 Å². The third kappa shape index (κ3) is 4.58. The molecule has 2 heterocycles. The minimum absolute atomic E-state index is 0.193. The van der Waals surface area contributed by atoms with Gasteiger partial charge < -0.3 is 14.2 Å². The molecule has 1 aliphatic carbocycles. The summed E-state index contributed by atoms with van der Waals surface area (Å²) in [6.07, 6.45) is 3.20. The summed E-state index contributed by atoms with van der Waals surface area (Å²) in [7, 11) is 0. The highest BCUT2D eigenvalue weighted by atomic mass is 16.5. The van der Waals surface area contributed by atoms with Crippen molar-refractivity contribution >= 4 is 17.7 Å². The molecule has 2 fully saturated rings. The summed E-state index contributed by atoms with van der Waals surface area (Å²) in [5, 5.41) is 0. The third-order valence-electron chi connectivity index (χ3n) is 6.44. The maximum Gasteiger partial charge on any atom is 0.309 e. The molecular weight excluding hydrogens is 392 g/mol. The van der Waals surface area contributed by atoms with Gasteiger partial charge in [-0.25, -0.2) is 0 Å². The second-order valence-electron chi connectivity index (χ2n) is 8.86. The number of ketones is 1. The summed E-state index contributed by atoms with van der Waals surface area (Å²) in [6, 6.07) is 10.0. The van der Waals surface area contributed by atoms with Gasteiger partial charge in [0.1, 0.15) is 0 Å². The lowest BCUT2D eigenvalue weighted by Gasteiger charge is -2.31. The van der Waals surface area contributed by atoms with Gasteiger partial charge in [0.25, 0.3) is 0 Å². The summed E-state index contributed by atoms with van der Waals surface area (Å²) < 4.78 is 7.42. The van der Waals surface area contributed by atoms with Gasteiger partial charge >= 0.3 is 5.97 Å². The number of carbonyl (C=O) groups excluding carboxylic acids is 3. The first kappa shape index (κ1) is 21.3. The minimum Gasteiger partial charge on any atom is -0.457 e. The van der Waals surface area contributed by atoms with Crippen LogP contribution in [0.3, 0.4) is 0 Å². The zero-order valence-corrected chi connectivity index (χ0v) is 18.5. The molecule has 0 bridgehead atoms. The molecule has 1 aromatic carbocycles. The first-order valence-electron chi connectivity index (χ1n) is 11.1. The van der Waals surface area contributed by atoms with Crippen LogP contribution in [0.15, 0.2) is 30.3 Å². The summed E-state index contributed by atoms with van der Waals surface area (Å²) in [4.78, 5) is 39.3. The number of Topliss-reactive ketones (excluding diaryl/α,β-unsaturated/α-hetero) is 1. The first-order chi connectivity index (χ1) is 14.8. The fraction of sp³-hybridized carbons (Fsp3) is 0.480. The van der Waals surface area contributed by atoms with Gasteiger partial charge in [-0.3, -0.25) is 14.4 Å². The van der Waals surface area contributed by atoms with Crippen molar-refractivity contribution in [2.24, 2.45) is 11.8 Å². The maximum absolute atomic E-state index is 12.8. The van der Waals surface area contributed by atoms with Crippen LogP contribution in [0, 0.1) is 32.6 Å². The predicted octanol–water partition coefficient (Wildman–Crippen LogP) is 3.78. The van der Waals surface area contributed by atoms with Gasteiger partial charge in [0.2, 0.25) is 11.7 Å². The molecule has 1 aliphatic heterocycles. The zero-order valence-electron chi connectivity index (χ0n) is 18.5. The Labute approximate surface area is 183 Å². The van der Waals surface area contributed by atoms with E-state index in [0.717, 1.165) is 29.9 Å². The van der Waals surface area contributed by atoms with E-state index in [0.29, 0.717) is 31.5 Å². The Hall–Kier alpha value is -2.89. The maximum atomic E-state index is 12.8. The van der Waals surface area contributed by atoms with Gasteiger partial charge in [0.05, 0.1) is 5.92 Å². The van der Waals surface area contributed by atoms with Crippen LogP contribution in [0.2, 0.25) is 0 Å². The van der Waals surface area contributed by atoms with E-state index in [2.05, 4.69) is 0 Å². The Morgan fingerprint density at radius 3 is 2.19 bits per heavy atom. The van der Waals surface area contributed by atoms with Crippen LogP contribution in [0.5, 0.6) is 0 Å². The number of aromatic nitrogens is 1. The lowest BCUT2D eigenvalue weighted by atomic mass is 9.96. The molecule has 31 heavy (non-hydrogen) atoms. The van der Waals surface area contributed by atoms with Gasteiger partial charge in [-0.2, -0.15) is 0 Å². The van der Waals surface area contributed by atoms with E-state index in [1.54, 1.807) is 0 Å². The molecular formula is C25H30N2O4.